The van der Waals surface area contributed by atoms with Crippen LogP contribution in [0.25, 0.3) is 0 Å². The molecule has 0 aliphatic rings. The predicted octanol–water partition coefficient (Wildman–Crippen LogP) is 0.678. The van der Waals surface area contributed by atoms with E-state index >= 15 is 0 Å². The van der Waals surface area contributed by atoms with Crippen molar-refractivity contribution in [3.63, 3.8) is 0 Å². The summed E-state index contributed by atoms with van der Waals surface area (Å²) in [6.45, 7) is 7.47. The fourth-order valence-electron chi connectivity index (χ4n) is 1.42. The van der Waals surface area contributed by atoms with E-state index in [4.69, 9.17) is 4.74 Å². The Morgan fingerprint density at radius 2 is 2.00 bits per heavy atom. The minimum absolute atomic E-state index is 0.0891. The van der Waals surface area contributed by atoms with Crippen molar-refractivity contribution in [1.29, 1.82) is 0 Å². The summed E-state index contributed by atoms with van der Waals surface area (Å²) in [7, 11) is 1.57. The molecule has 1 heterocycles. The number of ether oxygens (including phenoxy) is 1. The molecule has 0 aliphatic heterocycles. The third-order valence-electron chi connectivity index (χ3n) is 2.40. The third-order valence-corrected chi connectivity index (χ3v) is 2.40. The number of esters is 1. The number of nitrogens with zero attached hydrogens (tertiary/aromatic N) is 3. The van der Waals surface area contributed by atoms with E-state index in [1.54, 1.807) is 34.7 Å². The summed E-state index contributed by atoms with van der Waals surface area (Å²) in [6.07, 6.45) is 0.286. The van der Waals surface area contributed by atoms with Gasteiger partial charge in [0, 0.05) is 13.5 Å². The second-order valence-electron chi connectivity index (χ2n) is 5.17. The molecule has 0 aromatic carbocycles. The summed E-state index contributed by atoms with van der Waals surface area (Å²) < 4.78 is 6.75. The molecule has 7 heteroatoms. The molecule has 1 amide bonds. The Labute approximate surface area is 112 Å². The number of aryl methyl sites for hydroxylation is 1. The molecule has 19 heavy (non-hydrogen) atoms. The minimum atomic E-state index is -0.574. The van der Waals surface area contributed by atoms with Crippen LogP contribution in [0.4, 0.5) is 0 Å². The molecule has 0 aliphatic carbocycles. The SMILES string of the molecule is CNC(=O)CCn1nnc(C(=O)OC(C)(C)C)c1C. The van der Waals surface area contributed by atoms with Crippen LogP contribution in [0, 0.1) is 6.92 Å². The van der Waals surface area contributed by atoms with E-state index in [0.29, 0.717) is 12.2 Å². The van der Waals surface area contributed by atoms with Crippen molar-refractivity contribution in [1.82, 2.24) is 20.3 Å². The Kier molecular flexibility index (Phi) is 4.63. The lowest BCUT2D eigenvalue weighted by Gasteiger charge is -2.18. The van der Waals surface area contributed by atoms with Gasteiger partial charge in [0.1, 0.15) is 5.60 Å². The third kappa shape index (κ3) is 4.35. The molecular formula is C12H20N4O3. The lowest BCUT2D eigenvalue weighted by Crippen LogP contribution is -2.24. The summed E-state index contributed by atoms with van der Waals surface area (Å²) in [5.41, 5.74) is 0.208. The molecule has 7 nitrogen and oxygen atoms in total. The van der Waals surface area contributed by atoms with Crippen molar-refractivity contribution in [3.8, 4) is 0 Å². The van der Waals surface area contributed by atoms with E-state index in [-0.39, 0.29) is 18.0 Å². The van der Waals surface area contributed by atoms with Crippen LogP contribution in [0.15, 0.2) is 0 Å². The van der Waals surface area contributed by atoms with Crippen LogP contribution in [-0.4, -0.2) is 39.5 Å². The topological polar surface area (TPSA) is 86.1 Å². The monoisotopic (exact) mass is 268 g/mol. The highest BCUT2D eigenvalue weighted by Gasteiger charge is 2.23. The van der Waals surface area contributed by atoms with Crippen molar-refractivity contribution in [3.05, 3.63) is 11.4 Å². The molecule has 0 spiro atoms. The van der Waals surface area contributed by atoms with Gasteiger partial charge >= 0.3 is 5.97 Å². The maximum atomic E-state index is 11.9. The Hall–Kier alpha value is -1.92. The number of aromatic nitrogens is 3. The van der Waals surface area contributed by atoms with Gasteiger partial charge in [-0.3, -0.25) is 4.79 Å². The van der Waals surface area contributed by atoms with Crippen LogP contribution >= 0.6 is 0 Å². The first-order chi connectivity index (χ1) is 8.74. The molecule has 0 saturated heterocycles. The second-order valence-corrected chi connectivity index (χ2v) is 5.17. The van der Waals surface area contributed by atoms with Gasteiger partial charge in [0.15, 0.2) is 5.69 Å². The van der Waals surface area contributed by atoms with Crippen LogP contribution in [0.3, 0.4) is 0 Å². The highest BCUT2D eigenvalue weighted by atomic mass is 16.6. The van der Waals surface area contributed by atoms with Gasteiger partial charge in [0.05, 0.1) is 12.2 Å². The summed E-state index contributed by atoms with van der Waals surface area (Å²) in [5.74, 6) is -0.593. The van der Waals surface area contributed by atoms with E-state index in [1.807, 2.05) is 0 Å². The van der Waals surface area contributed by atoms with Crippen LogP contribution in [0.1, 0.15) is 43.4 Å². The Balaban J connectivity index is 2.75. The van der Waals surface area contributed by atoms with E-state index in [1.165, 1.54) is 4.68 Å². The normalized spacial score (nSPS) is 11.2. The first kappa shape index (κ1) is 15.1. The number of hydrogen-bond donors (Lipinski definition) is 1. The van der Waals surface area contributed by atoms with E-state index in [0.717, 1.165) is 0 Å². The minimum Gasteiger partial charge on any atom is -0.455 e. The van der Waals surface area contributed by atoms with Gasteiger partial charge < -0.3 is 10.1 Å². The van der Waals surface area contributed by atoms with Gasteiger partial charge in [-0.05, 0) is 27.7 Å². The fourth-order valence-corrected chi connectivity index (χ4v) is 1.42. The molecule has 0 atom stereocenters. The summed E-state index contributed by atoms with van der Waals surface area (Å²) >= 11 is 0. The van der Waals surface area contributed by atoms with Crippen LogP contribution < -0.4 is 5.32 Å². The van der Waals surface area contributed by atoms with Crippen LogP contribution in [0.5, 0.6) is 0 Å². The zero-order valence-electron chi connectivity index (χ0n) is 12.0. The Bertz CT molecular complexity index is 474. The quantitative estimate of drug-likeness (QED) is 0.811. The van der Waals surface area contributed by atoms with Crippen molar-refractivity contribution in [2.24, 2.45) is 0 Å². The molecule has 1 aromatic heterocycles. The largest absolute Gasteiger partial charge is 0.455 e. The van der Waals surface area contributed by atoms with Gasteiger partial charge in [-0.2, -0.15) is 0 Å². The van der Waals surface area contributed by atoms with Gasteiger partial charge in [0.2, 0.25) is 5.91 Å². The summed E-state index contributed by atoms with van der Waals surface area (Å²) in [6, 6.07) is 0. The van der Waals surface area contributed by atoms with Gasteiger partial charge in [0.25, 0.3) is 0 Å². The number of nitrogens with one attached hydrogen (secondary N) is 1. The maximum Gasteiger partial charge on any atom is 0.361 e. The molecule has 1 aromatic rings. The standard InChI is InChI=1S/C12H20N4O3/c1-8-10(11(18)19-12(2,3)4)14-15-16(8)7-6-9(17)13-5/h6-7H2,1-5H3,(H,13,17). The van der Waals surface area contributed by atoms with E-state index in [2.05, 4.69) is 15.6 Å². The highest BCUT2D eigenvalue weighted by Crippen LogP contribution is 2.13. The van der Waals surface area contributed by atoms with Gasteiger partial charge in [-0.15, -0.1) is 5.10 Å². The average Bonchev–Trinajstić information content (AvgIpc) is 2.65. The number of hydrogen-bond acceptors (Lipinski definition) is 5. The first-order valence-electron chi connectivity index (χ1n) is 6.08. The van der Waals surface area contributed by atoms with Crippen molar-refractivity contribution >= 4 is 11.9 Å². The average molecular weight is 268 g/mol. The summed E-state index contributed by atoms with van der Waals surface area (Å²) in [5, 5.41) is 10.2. The maximum absolute atomic E-state index is 11.9. The molecular weight excluding hydrogens is 248 g/mol. The van der Waals surface area contributed by atoms with Gasteiger partial charge in [-0.1, -0.05) is 5.21 Å². The first-order valence-corrected chi connectivity index (χ1v) is 6.08. The molecule has 0 saturated carbocycles. The smallest absolute Gasteiger partial charge is 0.361 e. The van der Waals surface area contributed by atoms with Gasteiger partial charge in [-0.25, -0.2) is 9.48 Å². The summed E-state index contributed by atoms with van der Waals surface area (Å²) in [4.78, 5) is 23.0. The number of amides is 1. The zero-order chi connectivity index (χ0) is 14.6. The predicted molar refractivity (Wildman–Crippen MR) is 68.6 cm³/mol. The second kappa shape index (κ2) is 5.81. The van der Waals surface area contributed by atoms with Crippen molar-refractivity contribution < 1.29 is 14.3 Å². The Morgan fingerprint density at radius 3 is 2.53 bits per heavy atom. The number of carbonyl (C=O) groups excluding carboxylic acids is 2. The van der Waals surface area contributed by atoms with Crippen LogP contribution in [0.2, 0.25) is 0 Å². The number of carbonyl (C=O) groups is 2. The number of rotatable bonds is 4. The molecule has 0 fully saturated rings. The van der Waals surface area contributed by atoms with Crippen molar-refractivity contribution in [2.75, 3.05) is 7.05 Å². The van der Waals surface area contributed by atoms with E-state index in [9.17, 15) is 9.59 Å². The molecule has 1 N–H and O–H groups in total. The molecule has 106 valence electrons. The molecule has 0 bridgehead atoms. The Morgan fingerprint density at radius 1 is 1.37 bits per heavy atom. The lowest BCUT2D eigenvalue weighted by molar-refractivity contribution is -0.120. The van der Waals surface area contributed by atoms with Crippen molar-refractivity contribution in [2.45, 2.75) is 46.3 Å². The van der Waals surface area contributed by atoms with E-state index < -0.39 is 11.6 Å². The molecule has 0 unspecified atom stereocenters. The van der Waals surface area contributed by atoms with Crippen LogP contribution in [-0.2, 0) is 16.1 Å². The lowest BCUT2D eigenvalue weighted by atomic mass is 10.2. The molecule has 1 rings (SSSR count). The highest BCUT2D eigenvalue weighted by molar-refractivity contribution is 5.88. The molecule has 0 radical (unpaired) electrons. The zero-order valence-corrected chi connectivity index (χ0v) is 12.0. The fraction of sp³-hybridized carbons (Fsp3) is 0.667.